The molecule has 0 spiro atoms. The molecule has 172 valence electrons. The molecule has 4 nitrogen and oxygen atoms in total. The van der Waals surface area contributed by atoms with Gasteiger partial charge in [0.15, 0.2) is 0 Å². The molecule has 0 saturated heterocycles. The minimum Gasteiger partial charge on any atom is -0.493 e. The topological polar surface area (TPSA) is 72.5 Å². The number of unbranched alkanes of at least 4 members (excludes halogenated alkanes) is 1. The van der Waals surface area contributed by atoms with Gasteiger partial charge in [0.2, 0.25) is 5.30 Å². The first-order valence-electron chi connectivity index (χ1n) is 11.1. The van der Waals surface area contributed by atoms with E-state index in [0.29, 0.717) is 10.7 Å². The molecule has 0 aliphatic rings. The number of benzene rings is 2. The molecule has 0 aromatic heterocycles. The van der Waals surface area contributed by atoms with Crippen LogP contribution in [0, 0.1) is 10.8 Å². The van der Waals surface area contributed by atoms with Gasteiger partial charge in [-0.15, -0.1) is 0 Å². The van der Waals surface area contributed by atoms with Gasteiger partial charge in [-0.05, 0) is 76.9 Å². The molecule has 2 aromatic carbocycles. The standard InChI is InChI=1S/C20H35NO.C6H5O2P/c1-19(2,3)14-16-9-10-17(15-20(4,5)6)18(13-16)22-12-8-7-11-21;7-9(8)6-4-2-1-3-5-6/h9-10,13H,7-8,11-12,14-15,21H2,1-6H3;1-5H/p+1. The van der Waals surface area contributed by atoms with Gasteiger partial charge in [0, 0.05) is 0 Å². The molecule has 0 bridgehead atoms. The van der Waals surface area contributed by atoms with Crippen LogP contribution in [0.25, 0.3) is 0 Å². The Balaban J connectivity index is 0.000000442. The van der Waals surface area contributed by atoms with Crippen molar-refractivity contribution in [2.45, 2.75) is 67.2 Å². The predicted octanol–water partition coefficient (Wildman–Crippen LogP) is 6.03. The molecule has 31 heavy (non-hydrogen) atoms. The van der Waals surface area contributed by atoms with Gasteiger partial charge in [0.05, 0.1) is 6.61 Å². The highest BCUT2D eigenvalue weighted by Crippen LogP contribution is 2.31. The van der Waals surface area contributed by atoms with E-state index in [2.05, 4.69) is 59.7 Å². The molecule has 0 heterocycles. The average molecular weight is 447 g/mol. The molecule has 0 amide bonds. The monoisotopic (exact) mass is 446 g/mol. The maximum absolute atomic E-state index is 10.3. The molecule has 3 N–H and O–H groups in total. The van der Waals surface area contributed by atoms with E-state index in [0.717, 1.165) is 44.6 Å². The molecule has 0 saturated carbocycles. The first-order chi connectivity index (χ1) is 14.4. The number of hydrogen-bond donors (Lipinski definition) is 2. The maximum atomic E-state index is 10.3. The summed E-state index contributed by atoms with van der Waals surface area (Å²) >= 11 is 0. The largest absolute Gasteiger partial charge is 0.546 e. The van der Waals surface area contributed by atoms with Crippen molar-refractivity contribution in [1.29, 1.82) is 0 Å². The van der Waals surface area contributed by atoms with Gasteiger partial charge in [0.25, 0.3) is 0 Å². The summed E-state index contributed by atoms with van der Waals surface area (Å²) in [7, 11) is -2.15. The van der Waals surface area contributed by atoms with Crippen LogP contribution in [0.15, 0.2) is 48.5 Å². The molecule has 5 heteroatoms. The van der Waals surface area contributed by atoms with Crippen molar-refractivity contribution in [3.05, 3.63) is 59.7 Å². The van der Waals surface area contributed by atoms with Crippen LogP contribution >= 0.6 is 8.03 Å². The van der Waals surface area contributed by atoms with Crippen molar-refractivity contribution in [3.63, 3.8) is 0 Å². The second-order valence-corrected chi connectivity index (χ2v) is 11.4. The van der Waals surface area contributed by atoms with E-state index in [9.17, 15) is 4.57 Å². The lowest BCUT2D eigenvalue weighted by Gasteiger charge is -2.23. The third-order valence-electron chi connectivity index (χ3n) is 4.42. The van der Waals surface area contributed by atoms with Crippen molar-refractivity contribution in [2.75, 3.05) is 13.2 Å². The van der Waals surface area contributed by atoms with Crippen LogP contribution in [0.4, 0.5) is 0 Å². The first-order valence-corrected chi connectivity index (χ1v) is 12.3. The molecule has 0 aliphatic heterocycles. The Labute approximate surface area is 190 Å². The van der Waals surface area contributed by atoms with E-state index in [1.165, 1.54) is 11.1 Å². The van der Waals surface area contributed by atoms with E-state index in [1.807, 2.05) is 6.07 Å². The number of nitrogens with two attached hydrogens (primary N) is 1. The molecule has 0 aliphatic carbocycles. The highest BCUT2D eigenvalue weighted by Gasteiger charge is 2.17. The minimum atomic E-state index is -2.15. The average Bonchev–Trinajstić information content (AvgIpc) is 2.66. The summed E-state index contributed by atoms with van der Waals surface area (Å²) < 4.78 is 16.4. The molecule has 2 rings (SSSR count). The van der Waals surface area contributed by atoms with E-state index in [1.54, 1.807) is 24.3 Å². The smallest absolute Gasteiger partial charge is 0.493 e. The van der Waals surface area contributed by atoms with Gasteiger partial charge in [0.1, 0.15) is 5.75 Å². The van der Waals surface area contributed by atoms with Gasteiger partial charge in [-0.25, -0.2) is 0 Å². The summed E-state index contributed by atoms with van der Waals surface area (Å²) in [5, 5.41) is 0.479. The summed E-state index contributed by atoms with van der Waals surface area (Å²) in [6.45, 7) is 15.1. The molecule has 2 aromatic rings. The molecule has 0 fully saturated rings. The van der Waals surface area contributed by atoms with Crippen LogP contribution in [0.1, 0.15) is 65.5 Å². The van der Waals surface area contributed by atoms with Crippen LogP contribution in [0.3, 0.4) is 0 Å². The van der Waals surface area contributed by atoms with Crippen molar-refractivity contribution in [3.8, 4) is 5.75 Å². The Kier molecular flexibility index (Phi) is 11.4. The Morgan fingerprint density at radius 2 is 1.52 bits per heavy atom. The van der Waals surface area contributed by atoms with Crippen molar-refractivity contribution >= 4 is 13.3 Å². The van der Waals surface area contributed by atoms with Crippen LogP contribution in [-0.2, 0) is 17.4 Å². The summed E-state index contributed by atoms with van der Waals surface area (Å²) in [6, 6.07) is 15.3. The molecular weight excluding hydrogens is 405 g/mol. The first kappa shape index (κ1) is 27.3. The third-order valence-corrected chi connectivity index (χ3v) is 5.16. The number of hydrogen-bond acceptors (Lipinski definition) is 3. The highest BCUT2D eigenvalue weighted by atomic mass is 31.1. The zero-order chi connectivity index (χ0) is 23.5. The Morgan fingerprint density at radius 3 is 2.00 bits per heavy atom. The fraction of sp³-hybridized carbons (Fsp3) is 0.538. The van der Waals surface area contributed by atoms with Gasteiger partial charge in [-0.1, -0.05) is 71.9 Å². The summed E-state index contributed by atoms with van der Waals surface area (Å²) in [5.41, 5.74) is 8.80. The lowest BCUT2D eigenvalue weighted by molar-refractivity contribution is 0.298. The van der Waals surface area contributed by atoms with Gasteiger partial charge in [-0.3, -0.25) is 0 Å². The van der Waals surface area contributed by atoms with Crippen molar-refractivity contribution in [1.82, 2.24) is 0 Å². The number of rotatable bonds is 8. The summed E-state index contributed by atoms with van der Waals surface area (Å²) in [4.78, 5) is 8.53. The molecular formula is C26H41NO3P+. The van der Waals surface area contributed by atoms with Crippen molar-refractivity contribution < 1.29 is 14.2 Å². The van der Waals surface area contributed by atoms with E-state index >= 15 is 0 Å². The lowest BCUT2D eigenvalue weighted by Crippen LogP contribution is -2.13. The predicted molar refractivity (Wildman–Crippen MR) is 132 cm³/mol. The fourth-order valence-corrected chi connectivity index (χ4v) is 3.58. The van der Waals surface area contributed by atoms with Gasteiger partial charge >= 0.3 is 8.03 Å². The molecule has 0 radical (unpaired) electrons. The Morgan fingerprint density at radius 1 is 0.903 bits per heavy atom. The number of ether oxygens (including phenoxy) is 1. The minimum absolute atomic E-state index is 0.265. The van der Waals surface area contributed by atoms with E-state index in [4.69, 9.17) is 15.4 Å². The quantitative estimate of drug-likeness (QED) is 0.384. The summed E-state index contributed by atoms with van der Waals surface area (Å²) in [5.74, 6) is 1.06. The Hall–Kier alpha value is -1.74. The van der Waals surface area contributed by atoms with Crippen LogP contribution in [0.2, 0.25) is 0 Å². The van der Waals surface area contributed by atoms with Crippen LogP contribution in [0.5, 0.6) is 5.75 Å². The van der Waals surface area contributed by atoms with Crippen LogP contribution < -0.4 is 15.8 Å². The van der Waals surface area contributed by atoms with Gasteiger partial charge < -0.3 is 10.5 Å². The SMILES string of the molecule is CC(C)(C)Cc1ccc(CC(C)(C)C)c(OCCCCN)c1.O=[P+](O)c1ccccc1. The highest BCUT2D eigenvalue weighted by molar-refractivity contribution is 7.47. The lowest BCUT2D eigenvalue weighted by atomic mass is 9.85. The normalized spacial score (nSPS) is 12.1. The molecule has 1 atom stereocenters. The van der Waals surface area contributed by atoms with E-state index < -0.39 is 8.03 Å². The zero-order valence-corrected chi connectivity index (χ0v) is 21.0. The zero-order valence-electron chi connectivity index (χ0n) is 20.1. The third kappa shape index (κ3) is 12.6. The Bertz CT molecular complexity index is 793. The second-order valence-electron chi connectivity index (χ2n) is 10.4. The molecule has 1 unspecified atom stereocenters. The second kappa shape index (κ2) is 13.0. The van der Waals surface area contributed by atoms with Crippen LogP contribution in [-0.4, -0.2) is 18.0 Å². The van der Waals surface area contributed by atoms with Gasteiger partial charge in [-0.2, -0.15) is 4.89 Å². The fourth-order valence-electron chi connectivity index (χ4n) is 3.16. The van der Waals surface area contributed by atoms with Crippen molar-refractivity contribution in [2.24, 2.45) is 16.6 Å². The maximum Gasteiger partial charge on any atom is 0.546 e. The summed E-state index contributed by atoms with van der Waals surface area (Å²) in [6.07, 6.45) is 4.15. The van der Waals surface area contributed by atoms with E-state index in [-0.39, 0.29) is 5.41 Å².